The number of benzene rings is 1. The molecular weight excluding hydrogens is 269 g/mol. The van der Waals surface area contributed by atoms with E-state index in [1.165, 1.54) is 12.4 Å². The monoisotopic (exact) mass is 283 g/mol. The van der Waals surface area contributed by atoms with Crippen LogP contribution in [-0.4, -0.2) is 19.6 Å². The van der Waals surface area contributed by atoms with Crippen LogP contribution in [-0.2, 0) is 12.8 Å². The van der Waals surface area contributed by atoms with Crippen molar-refractivity contribution < 1.29 is 4.39 Å². The van der Waals surface area contributed by atoms with Crippen molar-refractivity contribution in [1.82, 2.24) is 19.6 Å². The van der Waals surface area contributed by atoms with Crippen LogP contribution in [0.5, 0.6) is 0 Å². The van der Waals surface area contributed by atoms with Crippen LogP contribution in [0.1, 0.15) is 23.2 Å². The van der Waals surface area contributed by atoms with E-state index >= 15 is 0 Å². The van der Waals surface area contributed by atoms with Gasteiger partial charge >= 0.3 is 0 Å². The van der Waals surface area contributed by atoms with E-state index in [-0.39, 0.29) is 5.82 Å². The predicted octanol–water partition coefficient (Wildman–Crippen LogP) is 2.80. The standard InChI is InChI=1S/C15H14FN5/c1-9-5-6-10(7-12(9)16)19-14-11-3-2-4-13(11)20-15-17-8-18-21(14)15/h5-8,19H,2-4H2,1H3. The summed E-state index contributed by atoms with van der Waals surface area (Å²) >= 11 is 0. The van der Waals surface area contributed by atoms with E-state index in [0.29, 0.717) is 17.0 Å². The number of nitrogens with one attached hydrogen (secondary N) is 1. The number of rotatable bonds is 2. The minimum Gasteiger partial charge on any atom is -0.340 e. The first-order valence-corrected chi connectivity index (χ1v) is 6.97. The first-order valence-electron chi connectivity index (χ1n) is 6.97. The molecular formula is C15H14FN5. The summed E-state index contributed by atoms with van der Waals surface area (Å²) in [5.41, 5.74) is 3.54. The number of halogens is 1. The van der Waals surface area contributed by atoms with Gasteiger partial charge in [-0.3, -0.25) is 0 Å². The van der Waals surface area contributed by atoms with Crippen molar-refractivity contribution in [1.29, 1.82) is 0 Å². The molecule has 1 aliphatic carbocycles. The molecule has 1 aromatic carbocycles. The molecule has 0 saturated heterocycles. The van der Waals surface area contributed by atoms with Crippen LogP contribution in [0.3, 0.4) is 0 Å². The molecule has 0 saturated carbocycles. The Morgan fingerprint density at radius 3 is 3.05 bits per heavy atom. The average Bonchev–Trinajstić information content (AvgIpc) is 3.11. The summed E-state index contributed by atoms with van der Waals surface area (Å²) in [4.78, 5) is 8.68. The van der Waals surface area contributed by atoms with Gasteiger partial charge in [-0.15, -0.1) is 0 Å². The lowest BCUT2D eigenvalue weighted by molar-refractivity contribution is 0.619. The van der Waals surface area contributed by atoms with Crippen molar-refractivity contribution in [3.05, 3.63) is 47.2 Å². The molecule has 6 heteroatoms. The van der Waals surface area contributed by atoms with Crippen molar-refractivity contribution in [2.75, 3.05) is 5.32 Å². The summed E-state index contributed by atoms with van der Waals surface area (Å²) < 4.78 is 15.4. The van der Waals surface area contributed by atoms with Crippen molar-refractivity contribution >= 4 is 17.3 Å². The molecule has 4 rings (SSSR count). The lowest BCUT2D eigenvalue weighted by Crippen LogP contribution is -2.07. The van der Waals surface area contributed by atoms with Gasteiger partial charge in [0.2, 0.25) is 0 Å². The fourth-order valence-electron chi connectivity index (χ4n) is 2.76. The van der Waals surface area contributed by atoms with Crippen molar-refractivity contribution in [3.8, 4) is 0 Å². The zero-order chi connectivity index (χ0) is 14.4. The fraction of sp³-hybridized carbons (Fsp3) is 0.267. The van der Waals surface area contributed by atoms with Gasteiger partial charge in [-0.1, -0.05) is 6.07 Å². The van der Waals surface area contributed by atoms with Crippen LogP contribution >= 0.6 is 0 Å². The van der Waals surface area contributed by atoms with Crippen LogP contribution in [0.4, 0.5) is 15.9 Å². The van der Waals surface area contributed by atoms with Crippen molar-refractivity contribution in [2.45, 2.75) is 26.2 Å². The molecule has 0 atom stereocenters. The second kappa shape index (κ2) is 4.51. The van der Waals surface area contributed by atoms with E-state index in [1.54, 1.807) is 17.5 Å². The number of nitrogens with zero attached hydrogens (tertiary/aromatic N) is 4. The molecule has 2 aromatic heterocycles. The predicted molar refractivity (Wildman–Crippen MR) is 77.2 cm³/mol. The third-order valence-corrected chi connectivity index (χ3v) is 3.89. The smallest absolute Gasteiger partial charge is 0.254 e. The molecule has 1 N–H and O–H groups in total. The molecule has 106 valence electrons. The first kappa shape index (κ1) is 12.3. The van der Waals surface area contributed by atoms with E-state index in [2.05, 4.69) is 20.4 Å². The lowest BCUT2D eigenvalue weighted by atomic mass is 10.2. The Morgan fingerprint density at radius 2 is 2.19 bits per heavy atom. The molecule has 0 amide bonds. The molecule has 2 heterocycles. The van der Waals surface area contributed by atoms with E-state index in [4.69, 9.17) is 0 Å². The molecule has 0 spiro atoms. The van der Waals surface area contributed by atoms with Gasteiger partial charge in [0, 0.05) is 11.3 Å². The Kier molecular flexibility index (Phi) is 2.63. The Labute approximate surface area is 120 Å². The summed E-state index contributed by atoms with van der Waals surface area (Å²) in [5.74, 6) is 1.19. The first-order chi connectivity index (χ1) is 10.2. The molecule has 0 unspecified atom stereocenters. The molecule has 1 aliphatic rings. The maximum Gasteiger partial charge on any atom is 0.254 e. The zero-order valence-corrected chi connectivity index (χ0v) is 11.6. The molecule has 21 heavy (non-hydrogen) atoms. The topological polar surface area (TPSA) is 55.1 Å². The Balaban J connectivity index is 1.85. The Morgan fingerprint density at radius 1 is 1.29 bits per heavy atom. The van der Waals surface area contributed by atoms with Gasteiger partial charge < -0.3 is 5.32 Å². The number of fused-ring (bicyclic) bond motifs is 2. The van der Waals surface area contributed by atoms with Crippen LogP contribution < -0.4 is 5.32 Å². The second-order valence-corrected chi connectivity index (χ2v) is 5.30. The lowest BCUT2D eigenvalue weighted by Gasteiger charge is -2.13. The summed E-state index contributed by atoms with van der Waals surface area (Å²) in [5, 5.41) is 7.50. The van der Waals surface area contributed by atoms with Crippen molar-refractivity contribution in [3.63, 3.8) is 0 Å². The molecule has 0 fully saturated rings. The largest absolute Gasteiger partial charge is 0.340 e. The quantitative estimate of drug-likeness (QED) is 0.785. The van der Waals surface area contributed by atoms with Gasteiger partial charge in [-0.2, -0.15) is 14.6 Å². The van der Waals surface area contributed by atoms with E-state index in [0.717, 1.165) is 36.3 Å². The van der Waals surface area contributed by atoms with Crippen LogP contribution in [0, 0.1) is 12.7 Å². The summed E-state index contributed by atoms with van der Waals surface area (Å²) in [6.45, 7) is 1.75. The highest BCUT2D eigenvalue weighted by Crippen LogP contribution is 2.30. The third-order valence-electron chi connectivity index (χ3n) is 3.89. The summed E-state index contributed by atoms with van der Waals surface area (Å²) in [7, 11) is 0. The third kappa shape index (κ3) is 1.94. The number of hydrogen-bond acceptors (Lipinski definition) is 4. The van der Waals surface area contributed by atoms with Gasteiger partial charge in [0.25, 0.3) is 5.78 Å². The fourth-order valence-corrected chi connectivity index (χ4v) is 2.76. The maximum absolute atomic E-state index is 13.7. The van der Waals surface area contributed by atoms with Gasteiger partial charge in [0.1, 0.15) is 18.0 Å². The second-order valence-electron chi connectivity index (χ2n) is 5.30. The SMILES string of the molecule is Cc1ccc(Nc2c3c(nc4ncnn24)CCC3)cc1F. The highest BCUT2D eigenvalue weighted by atomic mass is 19.1. The van der Waals surface area contributed by atoms with Gasteiger partial charge in [0.05, 0.1) is 5.69 Å². The molecule has 0 bridgehead atoms. The van der Waals surface area contributed by atoms with Crippen LogP contribution in [0.15, 0.2) is 24.5 Å². The highest BCUT2D eigenvalue weighted by Gasteiger charge is 2.21. The number of hydrogen-bond donors (Lipinski definition) is 1. The highest BCUT2D eigenvalue weighted by molar-refractivity contribution is 5.64. The number of aryl methyl sites for hydroxylation is 2. The van der Waals surface area contributed by atoms with Crippen LogP contribution in [0.2, 0.25) is 0 Å². The van der Waals surface area contributed by atoms with E-state index < -0.39 is 0 Å². The molecule has 0 aliphatic heterocycles. The zero-order valence-electron chi connectivity index (χ0n) is 11.6. The minimum absolute atomic E-state index is 0.222. The molecule has 3 aromatic rings. The average molecular weight is 283 g/mol. The summed E-state index contributed by atoms with van der Waals surface area (Å²) in [6, 6.07) is 5.13. The Hall–Kier alpha value is -2.50. The minimum atomic E-state index is -0.222. The van der Waals surface area contributed by atoms with Gasteiger partial charge in [-0.05, 0) is 43.9 Å². The van der Waals surface area contributed by atoms with Crippen LogP contribution in [0.25, 0.3) is 5.78 Å². The van der Waals surface area contributed by atoms with Gasteiger partial charge in [0.15, 0.2) is 0 Å². The van der Waals surface area contributed by atoms with Gasteiger partial charge in [-0.25, -0.2) is 9.37 Å². The normalized spacial score (nSPS) is 13.6. The van der Waals surface area contributed by atoms with E-state index in [1.807, 2.05) is 6.07 Å². The summed E-state index contributed by atoms with van der Waals surface area (Å²) in [6.07, 6.45) is 4.47. The van der Waals surface area contributed by atoms with Crippen molar-refractivity contribution in [2.24, 2.45) is 0 Å². The number of aromatic nitrogens is 4. The maximum atomic E-state index is 13.7. The number of anilines is 2. The van der Waals surface area contributed by atoms with E-state index in [9.17, 15) is 4.39 Å². The molecule has 5 nitrogen and oxygen atoms in total. The molecule has 0 radical (unpaired) electrons. The Bertz CT molecular complexity index is 839.